The van der Waals surface area contributed by atoms with Crippen LogP contribution in [0.2, 0.25) is 0 Å². The Labute approximate surface area is 367 Å². The zero-order valence-corrected chi connectivity index (χ0v) is 39.2. The van der Waals surface area contributed by atoms with Gasteiger partial charge < -0.3 is 0 Å². The molecule has 6 aromatic rings. The van der Waals surface area contributed by atoms with Gasteiger partial charge in [-0.15, -0.1) is 0 Å². The zero-order valence-electron chi connectivity index (χ0n) is 39.2. The van der Waals surface area contributed by atoms with Gasteiger partial charge in [0.15, 0.2) is 0 Å². The maximum Gasteiger partial charge on any atom is 0.0215 e. The number of fused-ring (bicyclic) bond motifs is 3. The first-order chi connectivity index (χ1) is 29.2. The van der Waals surface area contributed by atoms with Crippen molar-refractivity contribution in [2.45, 2.75) is 158 Å². The third-order valence-electron chi connectivity index (χ3n) is 12.2. The fraction of sp³-hybridized carbons (Fsp3) is 0.400. The number of hydrogen-bond acceptors (Lipinski definition) is 0. The van der Waals surface area contributed by atoms with E-state index >= 15 is 0 Å². The van der Waals surface area contributed by atoms with Crippen LogP contribution in [-0.2, 0) is 5.41 Å². The largest absolute Gasteiger partial charge is 0.0683 e. The van der Waals surface area contributed by atoms with Crippen LogP contribution in [0.5, 0.6) is 0 Å². The Hall–Kier alpha value is -4.68. The second-order valence-electron chi connectivity index (χ2n) is 17.2. The van der Waals surface area contributed by atoms with Gasteiger partial charge in [0, 0.05) is 5.41 Å². The molecule has 1 aliphatic rings. The Kier molecular flexibility index (Phi) is 20.7. The van der Waals surface area contributed by atoms with Gasteiger partial charge in [0.2, 0.25) is 0 Å². The van der Waals surface area contributed by atoms with E-state index in [1.807, 2.05) is 32.0 Å². The highest BCUT2D eigenvalue weighted by atomic mass is 14.5. The van der Waals surface area contributed by atoms with Crippen molar-refractivity contribution in [2.75, 3.05) is 0 Å². The molecule has 318 valence electrons. The highest BCUT2D eigenvalue weighted by Crippen LogP contribution is 2.55. The Bertz CT molecular complexity index is 1930. The van der Waals surface area contributed by atoms with Crippen molar-refractivity contribution in [3.63, 3.8) is 0 Å². The number of benzene rings is 6. The fourth-order valence-corrected chi connectivity index (χ4v) is 8.60. The molecule has 0 atom stereocenters. The Morgan fingerprint density at radius 1 is 0.317 bits per heavy atom. The van der Waals surface area contributed by atoms with Gasteiger partial charge in [-0.3, -0.25) is 0 Å². The second kappa shape index (κ2) is 25.8. The van der Waals surface area contributed by atoms with Crippen LogP contribution in [0.3, 0.4) is 0 Å². The number of rotatable bonds is 16. The molecule has 0 aliphatic heterocycles. The average Bonchev–Trinajstić information content (AvgIpc) is 3.54. The molecule has 1 aliphatic carbocycles. The van der Waals surface area contributed by atoms with Crippen LogP contribution in [-0.4, -0.2) is 0 Å². The van der Waals surface area contributed by atoms with Crippen LogP contribution in [0.25, 0.3) is 33.4 Å². The topological polar surface area (TPSA) is 0 Å². The summed E-state index contributed by atoms with van der Waals surface area (Å²) in [5.74, 6) is 0. The first-order valence-corrected chi connectivity index (χ1v) is 23.7. The van der Waals surface area contributed by atoms with Crippen LogP contribution in [0.15, 0.2) is 140 Å². The third-order valence-corrected chi connectivity index (χ3v) is 12.2. The first kappa shape index (κ1) is 48.0. The lowest BCUT2D eigenvalue weighted by atomic mass is 9.70. The smallest absolute Gasteiger partial charge is 0.0215 e. The number of unbranched alkanes of at least 4 members (excludes halogenated alkanes) is 10. The molecule has 0 spiro atoms. The molecule has 7 rings (SSSR count). The van der Waals surface area contributed by atoms with Crippen molar-refractivity contribution < 1.29 is 0 Å². The molecule has 0 fully saturated rings. The maximum atomic E-state index is 2.58. The summed E-state index contributed by atoms with van der Waals surface area (Å²) >= 11 is 0. The third kappa shape index (κ3) is 14.2. The van der Waals surface area contributed by atoms with E-state index in [2.05, 4.69) is 170 Å². The predicted molar refractivity (Wildman–Crippen MR) is 267 cm³/mol. The van der Waals surface area contributed by atoms with Gasteiger partial charge in [-0.2, -0.15) is 0 Å². The summed E-state index contributed by atoms with van der Waals surface area (Å²) in [4.78, 5) is 0. The number of aryl methyl sites for hydroxylation is 5. The van der Waals surface area contributed by atoms with Crippen LogP contribution in [0.4, 0.5) is 0 Å². The van der Waals surface area contributed by atoms with Crippen molar-refractivity contribution >= 4 is 0 Å². The van der Waals surface area contributed by atoms with Gasteiger partial charge in [0.05, 0.1) is 0 Å². The molecular weight excluding hydrogens is 721 g/mol. The maximum absolute atomic E-state index is 2.58. The van der Waals surface area contributed by atoms with Crippen molar-refractivity contribution in [2.24, 2.45) is 0 Å². The summed E-state index contributed by atoms with van der Waals surface area (Å²) in [6.07, 6.45) is 18.7. The minimum absolute atomic E-state index is 0.0849. The Morgan fingerprint density at radius 2 is 0.617 bits per heavy atom. The number of hydrogen-bond donors (Lipinski definition) is 0. The van der Waals surface area contributed by atoms with E-state index in [0.717, 1.165) is 0 Å². The summed E-state index contributed by atoms with van der Waals surface area (Å²) in [7, 11) is 0. The fourth-order valence-electron chi connectivity index (χ4n) is 8.60. The van der Waals surface area contributed by atoms with E-state index in [1.54, 1.807) is 11.1 Å². The SMILES string of the molecule is CC.CCCCCCCCC1(CCCCCCCC)c2cc(-c3ccc(C)cc3)ccc2-c2ccc(-c3ccc(C)cc3)cc21.Cc1ccc(C)cc1.Cc1ccccc1. The molecule has 0 unspecified atom stereocenters. The molecule has 0 aromatic heterocycles. The Morgan fingerprint density at radius 3 is 0.950 bits per heavy atom. The van der Waals surface area contributed by atoms with E-state index in [-0.39, 0.29) is 5.41 Å². The standard InChI is InChI=1S/C43H54.C8H10.C7H8.C2H6/c1-5-7-9-11-13-15-29-43(30-16-14-12-10-8-6-2)41-31-37(35-21-17-33(3)18-22-35)25-27-39(41)40-28-26-38(32-42(40)43)36-23-19-34(4)20-24-36;1-7-3-5-8(2)6-4-7;1-7-5-3-2-4-6-7;1-2/h17-28,31-32H,5-16,29-30H2,1-4H3;3-6H,1-2H3;2-6H,1H3;1-2H3. The second-order valence-corrected chi connectivity index (χ2v) is 17.2. The van der Waals surface area contributed by atoms with Crippen molar-refractivity contribution in [3.05, 3.63) is 178 Å². The highest BCUT2D eigenvalue weighted by Gasteiger charge is 2.42. The van der Waals surface area contributed by atoms with Gasteiger partial charge in [0.25, 0.3) is 0 Å². The summed E-state index contributed by atoms with van der Waals surface area (Å²) in [5.41, 5.74) is 18.2. The summed E-state index contributed by atoms with van der Waals surface area (Å²) in [5, 5.41) is 0. The van der Waals surface area contributed by atoms with Gasteiger partial charge in [-0.05, 0) is 104 Å². The van der Waals surface area contributed by atoms with Crippen molar-refractivity contribution in [1.29, 1.82) is 0 Å². The monoisotopic (exact) mass is 799 g/mol. The van der Waals surface area contributed by atoms with E-state index < -0.39 is 0 Å². The van der Waals surface area contributed by atoms with E-state index in [4.69, 9.17) is 0 Å². The van der Waals surface area contributed by atoms with Crippen LogP contribution >= 0.6 is 0 Å². The molecule has 0 saturated heterocycles. The average molecular weight is 799 g/mol. The minimum atomic E-state index is 0.0849. The zero-order chi connectivity index (χ0) is 43.2. The summed E-state index contributed by atoms with van der Waals surface area (Å²) in [6.45, 7) is 19.3. The van der Waals surface area contributed by atoms with Gasteiger partial charge in [0.1, 0.15) is 0 Å². The van der Waals surface area contributed by atoms with E-state index in [9.17, 15) is 0 Å². The molecule has 0 heteroatoms. The highest BCUT2D eigenvalue weighted by molar-refractivity contribution is 5.86. The van der Waals surface area contributed by atoms with E-state index in [0.29, 0.717) is 0 Å². The lowest BCUT2D eigenvalue weighted by Gasteiger charge is -2.33. The molecule has 0 saturated carbocycles. The molecule has 60 heavy (non-hydrogen) atoms. The van der Waals surface area contributed by atoms with Crippen LogP contribution < -0.4 is 0 Å². The van der Waals surface area contributed by atoms with Crippen LogP contribution in [0.1, 0.15) is 157 Å². The van der Waals surface area contributed by atoms with Gasteiger partial charge >= 0.3 is 0 Å². The van der Waals surface area contributed by atoms with Gasteiger partial charge in [-0.1, -0.05) is 260 Å². The normalized spacial score (nSPS) is 11.8. The molecule has 0 N–H and O–H groups in total. The molecule has 0 radical (unpaired) electrons. The summed E-state index contributed by atoms with van der Waals surface area (Å²) in [6, 6.07) is 51.8. The minimum Gasteiger partial charge on any atom is -0.0683 e. The van der Waals surface area contributed by atoms with E-state index in [1.165, 1.54) is 151 Å². The molecule has 0 bridgehead atoms. The Balaban J connectivity index is 0.000000387. The van der Waals surface area contributed by atoms with Crippen molar-refractivity contribution in [1.82, 2.24) is 0 Å². The first-order valence-electron chi connectivity index (χ1n) is 23.7. The van der Waals surface area contributed by atoms with Crippen LogP contribution in [0, 0.1) is 34.6 Å². The predicted octanol–water partition coefficient (Wildman–Crippen LogP) is 18.7. The molecule has 6 aromatic carbocycles. The molecule has 0 heterocycles. The lowest BCUT2D eigenvalue weighted by Crippen LogP contribution is -2.25. The molecule has 0 nitrogen and oxygen atoms in total. The van der Waals surface area contributed by atoms with Gasteiger partial charge in [-0.25, -0.2) is 0 Å². The molecular formula is C60H78. The summed E-state index contributed by atoms with van der Waals surface area (Å²) < 4.78 is 0. The van der Waals surface area contributed by atoms with Crippen molar-refractivity contribution in [3.8, 4) is 33.4 Å². The quantitative estimate of drug-likeness (QED) is 0.0856. The lowest BCUT2D eigenvalue weighted by molar-refractivity contribution is 0.398. The molecule has 0 amide bonds.